The van der Waals surface area contributed by atoms with Gasteiger partial charge in [0, 0.05) is 5.56 Å². The van der Waals surface area contributed by atoms with Crippen LogP contribution in [0.1, 0.15) is 36.6 Å². The molecular weight excluding hydrogens is 260 g/mol. The van der Waals surface area contributed by atoms with E-state index < -0.39 is 6.10 Å². The van der Waals surface area contributed by atoms with E-state index >= 15 is 0 Å². The number of rotatable bonds is 3. The predicted octanol–water partition coefficient (Wildman–Crippen LogP) is 4.81. The summed E-state index contributed by atoms with van der Waals surface area (Å²) in [5, 5.41) is 18.5. The fourth-order valence-corrected chi connectivity index (χ4v) is 1.91. The Morgan fingerprint density at radius 3 is 2.10 bits per heavy atom. The van der Waals surface area contributed by atoms with Crippen molar-refractivity contribution < 1.29 is 10.2 Å². The number of phenolic OH excluding ortho intramolecular Hbond substituents is 1. The summed E-state index contributed by atoms with van der Waals surface area (Å²) >= 11 is 0. The van der Waals surface area contributed by atoms with E-state index in [1.54, 1.807) is 25.1 Å². The Bertz CT molecular complexity index is 612. The minimum atomic E-state index is -0.413. The number of hydrogen-bond donors (Lipinski definition) is 2. The third-order valence-electron chi connectivity index (χ3n) is 3.03. The zero-order valence-electron chi connectivity index (χ0n) is 12.6. The van der Waals surface area contributed by atoms with Crippen LogP contribution in [-0.4, -0.2) is 10.2 Å². The topological polar surface area (TPSA) is 40.5 Å². The fourth-order valence-electron chi connectivity index (χ4n) is 1.91. The van der Waals surface area contributed by atoms with E-state index in [0.717, 1.165) is 22.3 Å². The van der Waals surface area contributed by atoms with E-state index in [1.165, 1.54) is 0 Å². The average Bonchev–Trinajstić information content (AvgIpc) is 2.48. The van der Waals surface area contributed by atoms with Crippen LogP contribution in [0.4, 0.5) is 0 Å². The van der Waals surface area contributed by atoms with Crippen molar-refractivity contribution in [2.45, 2.75) is 20.0 Å². The largest absolute Gasteiger partial charge is 0.507 e. The van der Waals surface area contributed by atoms with Gasteiger partial charge in [-0.05, 0) is 36.6 Å². The minimum Gasteiger partial charge on any atom is -0.507 e. The van der Waals surface area contributed by atoms with Gasteiger partial charge in [0.25, 0.3) is 0 Å². The maximum Gasteiger partial charge on any atom is 0.123 e. The van der Waals surface area contributed by atoms with Crippen LogP contribution in [0.2, 0.25) is 0 Å². The standard InChI is InChI=1S/C10H12O.C9H10O/c1-3-9-6-4-5-7-10(9)8(2)11;1-7(2)8-5-3-4-6-9(8)10/h3-8,11H,1H2,2H3;3-6,10H,1H2,2H3. The van der Waals surface area contributed by atoms with Gasteiger partial charge in [0.15, 0.2) is 0 Å². The molecule has 0 aliphatic heterocycles. The highest BCUT2D eigenvalue weighted by Gasteiger charge is 2.02. The molecule has 2 heteroatoms. The van der Waals surface area contributed by atoms with Gasteiger partial charge in [0.1, 0.15) is 5.75 Å². The first-order chi connectivity index (χ1) is 9.97. The second kappa shape index (κ2) is 8.08. The summed E-state index contributed by atoms with van der Waals surface area (Å²) in [4.78, 5) is 0. The molecule has 0 saturated heterocycles. The number of para-hydroxylation sites is 1. The zero-order chi connectivity index (χ0) is 15.8. The highest BCUT2D eigenvalue weighted by molar-refractivity contribution is 5.66. The SMILES string of the molecule is C=C(C)c1ccccc1O.C=Cc1ccccc1C(C)O. The van der Waals surface area contributed by atoms with Crippen molar-refractivity contribution in [1.82, 2.24) is 0 Å². The molecule has 0 aliphatic carbocycles. The van der Waals surface area contributed by atoms with Crippen LogP contribution in [-0.2, 0) is 0 Å². The second-order valence-electron chi connectivity index (χ2n) is 4.81. The monoisotopic (exact) mass is 282 g/mol. The Balaban J connectivity index is 0.000000211. The van der Waals surface area contributed by atoms with Crippen molar-refractivity contribution in [3.8, 4) is 5.75 Å². The number of benzene rings is 2. The van der Waals surface area contributed by atoms with E-state index in [1.807, 2.05) is 43.3 Å². The molecule has 0 saturated carbocycles. The normalized spacial score (nSPS) is 11.0. The number of aliphatic hydroxyl groups excluding tert-OH is 1. The highest BCUT2D eigenvalue weighted by atomic mass is 16.3. The first-order valence-electron chi connectivity index (χ1n) is 6.80. The van der Waals surface area contributed by atoms with Crippen LogP contribution in [0.3, 0.4) is 0 Å². The van der Waals surface area contributed by atoms with Gasteiger partial charge in [-0.1, -0.05) is 61.7 Å². The third kappa shape index (κ3) is 4.93. The molecule has 110 valence electrons. The molecular formula is C19H22O2. The van der Waals surface area contributed by atoms with Crippen LogP contribution in [0.5, 0.6) is 5.75 Å². The van der Waals surface area contributed by atoms with E-state index in [4.69, 9.17) is 0 Å². The molecule has 0 fully saturated rings. The van der Waals surface area contributed by atoms with Gasteiger partial charge in [-0.3, -0.25) is 0 Å². The van der Waals surface area contributed by atoms with E-state index in [0.29, 0.717) is 5.75 Å². The molecule has 2 N–H and O–H groups in total. The number of phenols is 1. The molecule has 0 radical (unpaired) electrons. The van der Waals surface area contributed by atoms with Crippen molar-refractivity contribution in [1.29, 1.82) is 0 Å². The van der Waals surface area contributed by atoms with Gasteiger partial charge in [0.05, 0.1) is 6.10 Å². The number of hydrogen-bond acceptors (Lipinski definition) is 2. The number of aromatic hydroxyl groups is 1. The second-order valence-corrected chi connectivity index (χ2v) is 4.81. The Hall–Kier alpha value is -2.32. The lowest BCUT2D eigenvalue weighted by Crippen LogP contribution is -1.93. The Labute approximate surface area is 126 Å². The smallest absolute Gasteiger partial charge is 0.123 e. The molecule has 2 aromatic carbocycles. The van der Waals surface area contributed by atoms with Gasteiger partial charge < -0.3 is 10.2 Å². The number of allylic oxidation sites excluding steroid dienone is 1. The summed E-state index contributed by atoms with van der Waals surface area (Å²) in [5.41, 5.74) is 3.64. The van der Waals surface area contributed by atoms with E-state index in [2.05, 4.69) is 13.2 Å². The Kier molecular flexibility index (Phi) is 6.44. The summed E-state index contributed by atoms with van der Waals surface area (Å²) in [7, 11) is 0. The molecule has 2 rings (SSSR count). The van der Waals surface area contributed by atoms with Crippen molar-refractivity contribution in [3.05, 3.63) is 78.4 Å². The molecule has 0 heterocycles. The molecule has 0 aromatic heterocycles. The summed E-state index contributed by atoms with van der Waals surface area (Å²) in [6, 6.07) is 14.9. The molecule has 21 heavy (non-hydrogen) atoms. The zero-order valence-corrected chi connectivity index (χ0v) is 12.6. The van der Waals surface area contributed by atoms with Crippen molar-refractivity contribution in [3.63, 3.8) is 0 Å². The van der Waals surface area contributed by atoms with Gasteiger partial charge in [-0.25, -0.2) is 0 Å². The molecule has 2 nitrogen and oxygen atoms in total. The Morgan fingerprint density at radius 1 is 1.10 bits per heavy atom. The lowest BCUT2D eigenvalue weighted by molar-refractivity contribution is 0.199. The fraction of sp³-hybridized carbons (Fsp3) is 0.158. The lowest BCUT2D eigenvalue weighted by Gasteiger charge is -2.07. The molecule has 2 aromatic rings. The van der Waals surface area contributed by atoms with Gasteiger partial charge >= 0.3 is 0 Å². The van der Waals surface area contributed by atoms with E-state index in [9.17, 15) is 10.2 Å². The summed E-state index contributed by atoms with van der Waals surface area (Å²) in [5.74, 6) is 0.301. The van der Waals surface area contributed by atoms with Crippen molar-refractivity contribution in [2.24, 2.45) is 0 Å². The predicted molar refractivity (Wildman–Crippen MR) is 90.0 cm³/mol. The first kappa shape index (κ1) is 16.7. The average molecular weight is 282 g/mol. The maximum atomic E-state index is 9.29. The van der Waals surface area contributed by atoms with Crippen LogP contribution in [0.25, 0.3) is 11.6 Å². The van der Waals surface area contributed by atoms with Crippen LogP contribution < -0.4 is 0 Å². The summed E-state index contributed by atoms with van der Waals surface area (Å²) in [6.07, 6.45) is 1.34. The van der Waals surface area contributed by atoms with Crippen LogP contribution in [0, 0.1) is 0 Å². The van der Waals surface area contributed by atoms with Crippen LogP contribution >= 0.6 is 0 Å². The van der Waals surface area contributed by atoms with Crippen molar-refractivity contribution in [2.75, 3.05) is 0 Å². The maximum absolute atomic E-state index is 9.29. The highest BCUT2D eigenvalue weighted by Crippen LogP contribution is 2.22. The minimum absolute atomic E-state index is 0.301. The molecule has 0 bridgehead atoms. The molecule has 0 spiro atoms. The van der Waals surface area contributed by atoms with Gasteiger partial charge in [-0.2, -0.15) is 0 Å². The molecule has 1 atom stereocenters. The van der Waals surface area contributed by atoms with Crippen molar-refractivity contribution >= 4 is 11.6 Å². The quantitative estimate of drug-likeness (QED) is 0.848. The molecule has 0 amide bonds. The molecule has 1 unspecified atom stereocenters. The van der Waals surface area contributed by atoms with Gasteiger partial charge in [0.2, 0.25) is 0 Å². The summed E-state index contributed by atoms with van der Waals surface area (Å²) in [6.45, 7) is 11.0. The van der Waals surface area contributed by atoms with Crippen LogP contribution in [0.15, 0.2) is 61.7 Å². The molecule has 0 aliphatic rings. The summed E-state index contributed by atoms with van der Waals surface area (Å²) < 4.78 is 0. The first-order valence-corrected chi connectivity index (χ1v) is 6.80. The van der Waals surface area contributed by atoms with E-state index in [-0.39, 0.29) is 0 Å². The lowest BCUT2D eigenvalue weighted by atomic mass is 10.0. The van der Waals surface area contributed by atoms with Gasteiger partial charge in [-0.15, -0.1) is 0 Å². The Morgan fingerprint density at radius 2 is 1.67 bits per heavy atom. The third-order valence-corrected chi connectivity index (χ3v) is 3.03. The number of aliphatic hydroxyl groups is 1.